The summed E-state index contributed by atoms with van der Waals surface area (Å²) in [6.07, 6.45) is 1.00. The van der Waals surface area contributed by atoms with Crippen molar-refractivity contribution in [3.63, 3.8) is 0 Å². The zero-order valence-corrected chi connectivity index (χ0v) is 20.0. The van der Waals surface area contributed by atoms with Crippen molar-refractivity contribution in [1.29, 1.82) is 0 Å². The Morgan fingerprint density at radius 2 is 1.64 bits per heavy atom. The Bertz CT molecular complexity index is 1060. The van der Waals surface area contributed by atoms with Crippen LogP contribution >= 0.6 is 0 Å². The number of piperidine rings is 1. The van der Waals surface area contributed by atoms with Gasteiger partial charge in [-0.05, 0) is 63.1 Å². The Kier molecular flexibility index (Phi) is 7.97. The van der Waals surface area contributed by atoms with E-state index in [0.29, 0.717) is 44.0 Å². The van der Waals surface area contributed by atoms with E-state index in [1.165, 1.54) is 19.2 Å². The molecule has 33 heavy (non-hydrogen) atoms. The maximum atomic E-state index is 13.5. The smallest absolute Gasteiger partial charge is 0.309 e. The van der Waals surface area contributed by atoms with Gasteiger partial charge in [-0.15, -0.1) is 0 Å². The fourth-order valence-corrected chi connectivity index (χ4v) is 5.16. The summed E-state index contributed by atoms with van der Waals surface area (Å²) in [5, 5.41) is 0. The first-order valence-corrected chi connectivity index (χ1v) is 12.4. The molecule has 3 rings (SSSR count). The van der Waals surface area contributed by atoms with Crippen LogP contribution in [-0.4, -0.2) is 58.5 Å². The third-order valence-electron chi connectivity index (χ3n) is 5.72. The molecule has 0 aromatic heterocycles. The zero-order valence-electron chi connectivity index (χ0n) is 19.2. The van der Waals surface area contributed by atoms with Crippen LogP contribution in [0.15, 0.2) is 53.4 Å². The predicted octanol–water partition coefficient (Wildman–Crippen LogP) is 3.00. The van der Waals surface area contributed by atoms with E-state index in [1.54, 1.807) is 48.2 Å². The Morgan fingerprint density at radius 1 is 1.03 bits per heavy atom. The number of nitrogens with zero attached hydrogens (tertiary/aromatic N) is 2. The summed E-state index contributed by atoms with van der Waals surface area (Å²) in [6.45, 7) is 4.43. The molecule has 1 aliphatic heterocycles. The molecule has 1 aliphatic rings. The molecule has 0 unspecified atom stereocenters. The normalized spacial score (nSPS) is 14.6. The molecule has 0 aliphatic carbocycles. The Morgan fingerprint density at radius 3 is 2.18 bits per heavy atom. The number of hydrogen-bond donors (Lipinski definition) is 0. The van der Waals surface area contributed by atoms with Crippen LogP contribution in [0.4, 0.5) is 5.69 Å². The summed E-state index contributed by atoms with van der Waals surface area (Å²) in [5.74, 6) is -0.246. The van der Waals surface area contributed by atoms with Crippen LogP contribution in [0.1, 0.15) is 25.3 Å². The summed E-state index contributed by atoms with van der Waals surface area (Å²) in [7, 11) is -2.50. The van der Waals surface area contributed by atoms with E-state index in [-0.39, 0.29) is 29.2 Å². The number of benzene rings is 2. The van der Waals surface area contributed by atoms with Gasteiger partial charge in [0.15, 0.2) is 0 Å². The Hall–Kier alpha value is -3.07. The number of esters is 1. The van der Waals surface area contributed by atoms with Gasteiger partial charge in [0.1, 0.15) is 12.3 Å². The van der Waals surface area contributed by atoms with Crippen LogP contribution in [0.25, 0.3) is 0 Å². The highest BCUT2D eigenvalue weighted by Crippen LogP contribution is 2.26. The van der Waals surface area contributed by atoms with Crippen LogP contribution in [-0.2, 0) is 24.3 Å². The van der Waals surface area contributed by atoms with Crippen LogP contribution in [0.3, 0.4) is 0 Å². The largest absolute Gasteiger partial charge is 0.497 e. The molecule has 2 aromatic carbocycles. The van der Waals surface area contributed by atoms with Crippen LogP contribution in [0.2, 0.25) is 0 Å². The summed E-state index contributed by atoms with van der Waals surface area (Å²) < 4.78 is 38.3. The van der Waals surface area contributed by atoms with E-state index in [4.69, 9.17) is 9.47 Å². The maximum absolute atomic E-state index is 13.5. The highest BCUT2D eigenvalue weighted by atomic mass is 32.2. The first-order valence-electron chi connectivity index (χ1n) is 10.9. The van der Waals surface area contributed by atoms with Gasteiger partial charge in [0.05, 0.1) is 30.2 Å². The molecule has 0 N–H and O–H groups in total. The maximum Gasteiger partial charge on any atom is 0.309 e. The van der Waals surface area contributed by atoms with Crippen molar-refractivity contribution in [2.75, 3.05) is 37.7 Å². The van der Waals surface area contributed by atoms with Gasteiger partial charge in [0, 0.05) is 13.1 Å². The number of amides is 1. The number of carbonyl (C=O) groups is 2. The molecule has 2 aromatic rings. The first-order chi connectivity index (χ1) is 15.8. The lowest BCUT2D eigenvalue weighted by Gasteiger charge is -2.33. The molecule has 0 atom stereocenters. The zero-order chi connectivity index (χ0) is 24.0. The second kappa shape index (κ2) is 10.7. The van der Waals surface area contributed by atoms with Gasteiger partial charge in [-0.2, -0.15) is 0 Å². The van der Waals surface area contributed by atoms with Crippen molar-refractivity contribution in [3.05, 3.63) is 54.1 Å². The lowest BCUT2D eigenvalue weighted by Crippen LogP contribution is -2.46. The van der Waals surface area contributed by atoms with Gasteiger partial charge in [-0.1, -0.05) is 17.7 Å². The minimum atomic E-state index is -4.00. The predicted molar refractivity (Wildman–Crippen MR) is 125 cm³/mol. The van der Waals surface area contributed by atoms with E-state index in [2.05, 4.69) is 0 Å². The number of aryl methyl sites for hydroxylation is 1. The topological polar surface area (TPSA) is 93.2 Å². The number of ether oxygens (including phenoxy) is 2. The second-order valence-corrected chi connectivity index (χ2v) is 9.79. The molecule has 178 valence electrons. The number of likely N-dealkylation sites (tertiary alicyclic amines) is 1. The molecular weight excluding hydrogens is 444 g/mol. The Labute approximate surface area is 195 Å². The van der Waals surface area contributed by atoms with Gasteiger partial charge < -0.3 is 14.4 Å². The molecule has 1 saturated heterocycles. The number of rotatable bonds is 8. The van der Waals surface area contributed by atoms with E-state index < -0.39 is 10.0 Å². The highest BCUT2D eigenvalue weighted by Gasteiger charge is 2.32. The van der Waals surface area contributed by atoms with Crippen molar-refractivity contribution >= 4 is 27.6 Å². The highest BCUT2D eigenvalue weighted by molar-refractivity contribution is 7.92. The number of anilines is 1. The number of hydrogen-bond acceptors (Lipinski definition) is 6. The van der Waals surface area contributed by atoms with Gasteiger partial charge in [-0.3, -0.25) is 13.9 Å². The number of methoxy groups -OCH3 is 1. The minimum absolute atomic E-state index is 0.0673. The van der Waals surface area contributed by atoms with Crippen LogP contribution in [0, 0.1) is 12.8 Å². The standard InChI is InChI=1S/C24H30N2O6S/c1-4-32-24(28)19-13-15-25(16-14-19)23(27)17-26(20-7-5-18(2)6-8-20)33(29,30)22-11-9-21(31-3)10-12-22/h5-12,19H,4,13-17H2,1-3H3. The van der Waals surface area contributed by atoms with Gasteiger partial charge >= 0.3 is 5.97 Å². The van der Waals surface area contributed by atoms with Crippen molar-refractivity contribution in [3.8, 4) is 5.75 Å². The van der Waals surface area contributed by atoms with Crippen molar-refractivity contribution in [2.24, 2.45) is 5.92 Å². The lowest BCUT2D eigenvalue weighted by atomic mass is 9.97. The minimum Gasteiger partial charge on any atom is -0.497 e. The molecule has 1 amide bonds. The van der Waals surface area contributed by atoms with Crippen LogP contribution in [0.5, 0.6) is 5.75 Å². The third-order valence-corrected chi connectivity index (χ3v) is 7.50. The molecule has 0 bridgehead atoms. The van der Waals surface area contributed by atoms with E-state index in [0.717, 1.165) is 9.87 Å². The average molecular weight is 475 g/mol. The van der Waals surface area contributed by atoms with Crippen LogP contribution < -0.4 is 9.04 Å². The second-order valence-electron chi connectivity index (χ2n) is 7.93. The third kappa shape index (κ3) is 5.84. The van der Waals surface area contributed by atoms with Gasteiger partial charge in [0.2, 0.25) is 5.91 Å². The number of carbonyl (C=O) groups excluding carboxylic acids is 2. The molecule has 9 heteroatoms. The Balaban J connectivity index is 1.81. The summed E-state index contributed by atoms with van der Waals surface area (Å²) in [4.78, 5) is 26.8. The quantitative estimate of drug-likeness (QED) is 0.546. The van der Waals surface area contributed by atoms with Crippen molar-refractivity contribution in [2.45, 2.75) is 31.6 Å². The van der Waals surface area contributed by atoms with E-state index >= 15 is 0 Å². The number of sulfonamides is 1. The van der Waals surface area contributed by atoms with Crippen molar-refractivity contribution in [1.82, 2.24) is 4.90 Å². The fourth-order valence-electron chi connectivity index (χ4n) is 3.75. The summed E-state index contributed by atoms with van der Waals surface area (Å²) >= 11 is 0. The monoisotopic (exact) mass is 474 g/mol. The van der Waals surface area contributed by atoms with Gasteiger partial charge in [-0.25, -0.2) is 8.42 Å². The molecule has 1 fully saturated rings. The average Bonchev–Trinajstić information content (AvgIpc) is 2.83. The molecule has 0 spiro atoms. The van der Waals surface area contributed by atoms with Crippen molar-refractivity contribution < 1.29 is 27.5 Å². The molecule has 8 nitrogen and oxygen atoms in total. The summed E-state index contributed by atoms with van der Waals surface area (Å²) in [5.41, 5.74) is 1.39. The molecular formula is C24H30N2O6S. The van der Waals surface area contributed by atoms with E-state index in [9.17, 15) is 18.0 Å². The summed E-state index contributed by atoms with van der Waals surface area (Å²) in [6, 6.07) is 13.1. The first kappa shape index (κ1) is 24.6. The SMILES string of the molecule is CCOC(=O)C1CCN(C(=O)CN(c2ccc(C)cc2)S(=O)(=O)c2ccc(OC)cc2)CC1. The van der Waals surface area contributed by atoms with E-state index in [1.807, 2.05) is 6.92 Å². The molecule has 0 saturated carbocycles. The fraction of sp³-hybridized carbons (Fsp3) is 0.417. The van der Waals surface area contributed by atoms with Gasteiger partial charge in [0.25, 0.3) is 10.0 Å². The lowest BCUT2D eigenvalue weighted by molar-refractivity contribution is -0.151. The molecule has 0 radical (unpaired) electrons. The molecule has 1 heterocycles.